The first kappa shape index (κ1) is 14.0. The first-order valence-corrected chi connectivity index (χ1v) is 6.29. The quantitative estimate of drug-likeness (QED) is 0.873. The van der Waals surface area contributed by atoms with Gasteiger partial charge in [0.2, 0.25) is 11.8 Å². The molecule has 104 valence electrons. The number of nitrogens with one attached hydrogen (secondary N) is 1. The highest BCUT2D eigenvalue weighted by Gasteiger charge is 2.11. The molecule has 0 spiro atoms. The van der Waals surface area contributed by atoms with Crippen molar-refractivity contribution < 1.29 is 9.53 Å². The second kappa shape index (κ2) is 6.68. The average molecular weight is 271 g/mol. The Labute approximate surface area is 117 Å². The maximum absolute atomic E-state index is 11.9. The van der Waals surface area contributed by atoms with Crippen molar-refractivity contribution in [1.29, 1.82) is 0 Å². The van der Waals surface area contributed by atoms with E-state index in [-0.39, 0.29) is 18.4 Å². The number of hydrogen-bond donors (Lipinski definition) is 2. The lowest BCUT2D eigenvalue weighted by Gasteiger charge is -2.12. The van der Waals surface area contributed by atoms with Gasteiger partial charge >= 0.3 is 0 Å². The van der Waals surface area contributed by atoms with Crippen LogP contribution >= 0.6 is 0 Å². The average Bonchev–Trinajstić information content (AvgIpc) is 2.49. The van der Waals surface area contributed by atoms with Crippen LogP contribution in [0.1, 0.15) is 18.0 Å². The van der Waals surface area contributed by atoms with E-state index in [9.17, 15) is 4.79 Å². The molecule has 0 saturated carbocycles. The standard InChI is InChI=1S/C15H17N3O2/c1-20-15-8-7-12(10-17-15)18-14(19)9-13(16)11-5-3-2-4-6-11/h2-8,10,13H,9,16H2,1H3,(H,18,19). The van der Waals surface area contributed by atoms with E-state index in [1.165, 1.54) is 0 Å². The molecule has 0 radical (unpaired) electrons. The summed E-state index contributed by atoms with van der Waals surface area (Å²) in [5, 5.41) is 2.76. The van der Waals surface area contributed by atoms with Crippen LogP contribution in [0.2, 0.25) is 0 Å². The van der Waals surface area contributed by atoms with Gasteiger partial charge in [-0.25, -0.2) is 4.98 Å². The van der Waals surface area contributed by atoms with Gasteiger partial charge in [0.05, 0.1) is 19.0 Å². The fourth-order valence-electron chi connectivity index (χ4n) is 1.80. The minimum atomic E-state index is -0.317. The number of nitrogens with zero attached hydrogens (tertiary/aromatic N) is 1. The minimum absolute atomic E-state index is 0.145. The van der Waals surface area contributed by atoms with Crippen LogP contribution in [0.25, 0.3) is 0 Å². The van der Waals surface area contributed by atoms with Crippen molar-refractivity contribution in [2.24, 2.45) is 5.73 Å². The van der Waals surface area contributed by atoms with E-state index in [1.54, 1.807) is 25.4 Å². The summed E-state index contributed by atoms with van der Waals surface area (Å²) in [5.41, 5.74) is 7.56. The molecule has 0 fully saturated rings. The van der Waals surface area contributed by atoms with Crippen molar-refractivity contribution >= 4 is 11.6 Å². The molecule has 0 saturated heterocycles. The maximum atomic E-state index is 11.9. The first-order valence-electron chi connectivity index (χ1n) is 6.29. The zero-order chi connectivity index (χ0) is 14.4. The normalized spacial score (nSPS) is 11.7. The molecule has 1 aromatic carbocycles. The minimum Gasteiger partial charge on any atom is -0.481 e. The maximum Gasteiger partial charge on any atom is 0.226 e. The van der Waals surface area contributed by atoms with E-state index < -0.39 is 0 Å². The van der Waals surface area contributed by atoms with Crippen LogP contribution in [0.5, 0.6) is 5.88 Å². The van der Waals surface area contributed by atoms with Crippen molar-refractivity contribution in [1.82, 2.24) is 4.98 Å². The molecular formula is C15H17N3O2. The van der Waals surface area contributed by atoms with E-state index in [1.807, 2.05) is 30.3 Å². The predicted octanol–water partition coefficient (Wildman–Crippen LogP) is 2.12. The van der Waals surface area contributed by atoms with E-state index >= 15 is 0 Å². The van der Waals surface area contributed by atoms with Crippen molar-refractivity contribution in [3.63, 3.8) is 0 Å². The van der Waals surface area contributed by atoms with E-state index in [4.69, 9.17) is 10.5 Å². The number of rotatable bonds is 5. The number of carbonyl (C=O) groups is 1. The largest absolute Gasteiger partial charge is 0.481 e. The number of nitrogens with two attached hydrogens (primary N) is 1. The second-order valence-corrected chi connectivity index (χ2v) is 4.36. The summed E-state index contributed by atoms with van der Waals surface area (Å²) in [4.78, 5) is 15.9. The van der Waals surface area contributed by atoms with Gasteiger partial charge in [-0.3, -0.25) is 4.79 Å². The number of aromatic nitrogens is 1. The van der Waals surface area contributed by atoms with Crippen LogP contribution in [0.15, 0.2) is 48.7 Å². The highest BCUT2D eigenvalue weighted by atomic mass is 16.5. The predicted molar refractivity (Wildman–Crippen MR) is 77.4 cm³/mol. The fourth-order valence-corrected chi connectivity index (χ4v) is 1.80. The van der Waals surface area contributed by atoms with E-state index in [0.29, 0.717) is 11.6 Å². The van der Waals surface area contributed by atoms with Gasteiger partial charge in [-0.1, -0.05) is 30.3 Å². The Morgan fingerprint density at radius 2 is 2.05 bits per heavy atom. The number of anilines is 1. The Balaban J connectivity index is 1.91. The second-order valence-electron chi connectivity index (χ2n) is 4.36. The molecule has 5 heteroatoms. The molecule has 1 atom stereocenters. The molecule has 2 aromatic rings. The topological polar surface area (TPSA) is 77.2 Å². The SMILES string of the molecule is COc1ccc(NC(=O)CC(N)c2ccccc2)cn1. The van der Waals surface area contributed by atoms with Gasteiger partial charge in [0.1, 0.15) is 0 Å². The van der Waals surface area contributed by atoms with Crippen LogP contribution in [0, 0.1) is 0 Å². The molecule has 1 aromatic heterocycles. The number of methoxy groups -OCH3 is 1. The summed E-state index contributed by atoms with van der Waals surface area (Å²) >= 11 is 0. The first-order chi connectivity index (χ1) is 9.69. The van der Waals surface area contributed by atoms with Crippen LogP contribution in [-0.4, -0.2) is 18.0 Å². The highest BCUT2D eigenvalue weighted by Crippen LogP contribution is 2.15. The van der Waals surface area contributed by atoms with Gasteiger partial charge in [-0.15, -0.1) is 0 Å². The molecule has 1 heterocycles. The smallest absolute Gasteiger partial charge is 0.226 e. The monoisotopic (exact) mass is 271 g/mol. The molecule has 5 nitrogen and oxygen atoms in total. The summed E-state index contributed by atoms with van der Waals surface area (Å²) in [6.07, 6.45) is 1.76. The lowest BCUT2D eigenvalue weighted by atomic mass is 10.0. The molecule has 0 aliphatic heterocycles. The summed E-state index contributed by atoms with van der Waals surface area (Å²) in [6.45, 7) is 0. The summed E-state index contributed by atoms with van der Waals surface area (Å²) in [5.74, 6) is 0.359. The van der Waals surface area contributed by atoms with Gasteiger partial charge < -0.3 is 15.8 Å². The number of amides is 1. The van der Waals surface area contributed by atoms with Crippen molar-refractivity contribution in [3.05, 3.63) is 54.2 Å². The lowest BCUT2D eigenvalue weighted by molar-refractivity contribution is -0.116. The van der Waals surface area contributed by atoms with Crippen LogP contribution < -0.4 is 15.8 Å². The van der Waals surface area contributed by atoms with Gasteiger partial charge in [0.25, 0.3) is 0 Å². The van der Waals surface area contributed by atoms with E-state index in [0.717, 1.165) is 5.56 Å². The Morgan fingerprint density at radius 3 is 2.65 bits per heavy atom. The van der Waals surface area contributed by atoms with Gasteiger partial charge in [0, 0.05) is 18.5 Å². The molecule has 20 heavy (non-hydrogen) atoms. The van der Waals surface area contributed by atoms with Crippen LogP contribution in [0.4, 0.5) is 5.69 Å². The Morgan fingerprint density at radius 1 is 1.30 bits per heavy atom. The van der Waals surface area contributed by atoms with Gasteiger partial charge in [-0.05, 0) is 11.6 Å². The van der Waals surface area contributed by atoms with Crippen molar-refractivity contribution in [2.75, 3.05) is 12.4 Å². The third-order valence-corrected chi connectivity index (χ3v) is 2.86. The zero-order valence-corrected chi connectivity index (χ0v) is 11.2. The number of ether oxygens (including phenoxy) is 1. The molecule has 0 bridgehead atoms. The summed E-state index contributed by atoms with van der Waals surface area (Å²) in [7, 11) is 1.54. The highest BCUT2D eigenvalue weighted by molar-refractivity contribution is 5.91. The van der Waals surface area contributed by atoms with Crippen LogP contribution in [-0.2, 0) is 4.79 Å². The fraction of sp³-hybridized carbons (Fsp3) is 0.200. The van der Waals surface area contributed by atoms with Gasteiger partial charge in [-0.2, -0.15) is 0 Å². The Hall–Kier alpha value is -2.40. The molecular weight excluding hydrogens is 254 g/mol. The number of benzene rings is 1. The molecule has 1 amide bonds. The molecule has 2 rings (SSSR count). The van der Waals surface area contributed by atoms with E-state index in [2.05, 4.69) is 10.3 Å². The zero-order valence-electron chi connectivity index (χ0n) is 11.2. The number of carbonyl (C=O) groups excluding carboxylic acids is 1. The lowest BCUT2D eigenvalue weighted by Crippen LogP contribution is -2.20. The molecule has 1 unspecified atom stereocenters. The van der Waals surface area contributed by atoms with Crippen LogP contribution in [0.3, 0.4) is 0 Å². The Kier molecular flexibility index (Phi) is 4.68. The third kappa shape index (κ3) is 3.80. The van der Waals surface area contributed by atoms with Gasteiger partial charge in [0.15, 0.2) is 0 Å². The molecule has 3 N–H and O–H groups in total. The number of hydrogen-bond acceptors (Lipinski definition) is 4. The van der Waals surface area contributed by atoms with Crippen molar-refractivity contribution in [2.45, 2.75) is 12.5 Å². The summed E-state index contributed by atoms with van der Waals surface area (Å²) in [6, 6.07) is 12.6. The summed E-state index contributed by atoms with van der Waals surface area (Å²) < 4.78 is 4.95. The Bertz CT molecular complexity index is 555. The molecule has 0 aliphatic carbocycles. The van der Waals surface area contributed by atoms with Crippen molar-refractivity contribution in [3.8, 4) is 5.88 Å². The molecule has 0 aliphatic rings. The number of pyridine rings is 1. The third-order valence-electron chi connectivity index (χ3n) is 2.86.